The van der Waals surface area contributed by atoms with E-state index in [1.165, 1.54) is 31.3 Å². The van der Waals surface area contributed by atoms with Gasteiger partial charge in [0.15, 0.2) is 0 Å². The lowest BCUT2D eigenvalue weighted by Gasteiger charge is -2.41. The number of fused-ring (bicyclic) bond motifs is 1. The van der Waals surface area contributed by atoms with E-state index < -0.39 is 0 Å². The highest BCUT2D eigenvalue weighted by Gasteiger charge is 2.34. The van der Waals surface area contributed by atoms with E-state index in [0.29, 0.717) is 5.92 Å². The zero-order valence-electron chi connectivity index (χ0n) is 10.4. The molecule has 0 saturated heterocycles. The molecule has 0 aromatic rings. The van der Waals surface area contributed by atoms with Crippen LogP contribution in [-0.2, 0) is 0 Å². The summed E-state index contributed by atoms with van der Waals surface area (Å²) in [7, 11) is 0. The number of allylic oxidation sites excluding steroid dienone is 3. The Morgan fingerprint density at radius 2 is 1.93 bits per heavy atom. The minimum Gasteiger partial charge on any atom is -0.0995 e. The van der Waals surface area contributed by atoms with Gasteiger partial charge >= 0.3 is 0 Å². The molecule has 4 atom stereocenters. The van der Waals surface area contributed by atoms with Crippen molar-refractivity contribution < 1.29 is 0 Å². The molecule has 0 heterocycles. The van der Waals surface area contributed by atoms with Gasteiger partial charge in [-0.2, -0.15) is 0 Å². The molecule has 1 fully saturated rings. The van der Waals surface area contributed by atoms with Gasteiger partial charge in [0.05, 0.1) is 0 Å². The maximum atomic E-state index is 4.18. The Balaban J connectivity index is 2.27. The maximum Gasteiger partial charge on any atom is 0.000454 e. The molecule has 0 nitrogen and oxygen atoms in total. The molecule has 15 heavy (non-hydrogen) atoms. The Morgan fingerprint density at radius 1 is 1.20 bits per heavy atom. The van der Waals surface area contributed by atoms with Gasteiger partial charge in [-0.05, 0) is 50.4 Å². The summed E-state index contributed by atoms with van der Waals surface area (Å²) in [6.07, 6.45) is 8.10. The number of hydrogen-bond acceptors (Lipinski definition) is 0. The van der Waals surface area contributed by atoms with E-state index >= 15 is 0 Å². The van der Waals surface area contributed by atoms with Crippen LogP contribution in [0.15, 0.2) is 23.8 Å². The molecule has 0 bridgehead atoms. The van der Waals surface area contributed by atoms with E-state index in [4.69, 9.17) is 0 Å². The van der Waals surface area contributed by atoms with Crippen LogP contribution in [0.3, 0.4) is 0 Å². The van der Waals surface area contributed by atoms with Crippen LogP contribution >= 0.6 is 0 Å². The highest BCUT2D eigenvalue weighted by atomic mass is 14.4. The largest absolute Gasteiger partial charge is 0.0995 e. The van der Waals surface area contributed by atoms with Gasteiger partial charge in [-0.3, -0.25) is 0 Å². The van der Waals surface area contributed by atoms with Crippen LogP contribution < -0.4 is 0 Å². The van der Waals surface area contributed by atoms with Crippen molar-refractivity contribution in [3.8, 4) is 0 Å². The van der Waals surface area contributed by atoms with Crippen LogP contribution in [0.4, 0.5) is 0 Å². The lowest BCUT2D eigenvalue weighted by Crippen LogP contribution is -2.29. The molecule has 2 unspecified atom stereocenters. The Bertz CT molecular complexity index is 284. The van der Waals surface area contributed by atoms with Crippen LogP contribution in [-0.4, -0.2) is 0 Å². The fraction of sp³-hybridized carbons (Fsp3) is 0.733. The third-order valence-corrected chi connectivity index (χ3v) is 4.43. The average molecular weight is 204 g/mol. The summed E-state index contributed by atoms with van der Waals surface area (Å²) in [5.74, 6) is 3.27. The highest BCUT2D eigenvalue weighted by Crippen LogP contribution is 2.46. The molecular formula is C15H24. The third kappa shape index (κ3) is 2.04. The van der Waals surface area contributed by atoms with Crippen molar-refractivity contribution in [1.29, 1.82) is 0 Å². The summed E-state index contributed by atoms with van der Waals surface area (Å²) in [4.78, 5) is 0. The van der Waals surface area contributed by atoms with E-state index in [1.54, 1.807) is 5.57 Å². The van der Waals surface area contributed by atoms with Gasteiger partial charge in [-0.25, -0.2) is 0 Å². The summed E-state index contributed by atoms with van der Waals surface area (Å²) < 4.78 is 0. The molecule has 0 amide bonds. The van der Waals surface area contributed by atoms with Crippen molar-refractivity contribution in [2.24, 2.45) is 23.7 Å². The normalized spacial score (nSPS) is 40.6. The first-order valence-corrected chi connectivity index (χ1v) is 6.46. The van der Waals surface area contributed by atoms with Gasteiger partial charge in [0.1, 0.15) is 0 Å². The molecule has 1 saturated carbocycles. The Labute approximate surface area is 94.5 Å². The molecule has 84 valence electrons. The zero-order valence-corrected chi connectivity index (χ0v) is 10.4. The fourth-order valence-corrected chi connectivity index (χ4v) is 3.46. The molecule has 0 N–H and O–H groups in total. The molecule has 0 radical (unpaired) electrons. The Kier molecular flexibility index (Phi) is 3.04. The summed E-state index contributed by atoms with van der Waals surface area (Å²) in [6.45, 7) is 11.2. The SMILES string of the molecule is C=C(C)[C@@H]1CC[C@@H](C)C2CCC(C)C=C21. The fourth-order valence-electron chi connectivity index (χ4n) is 3.46. The van der Waals surface area contributed by atoms with E-state index in [2.05, 4.69) is 33.4 Å². The molecule has 0 heteroatoms. The second kappa shape index (κ2) is 4.15. The summed E-state index contributed by atoms with van der Waals surface area (Å²) in [6, 6.07) is 0. The first-order chi connectivity index (χ1) is 7.09. The highest BCUT2D eigenvalue weighted by molar-refractivity contribution is 5.25. The predicted octanol–water partition coefficient (Wildman–Crippen LogP) is 4.58. The average Bonchev–Trinajstić information content (AvgIpc) is 2.17. The van der Waals surface area contributed by atoms with Gasteiger partial charge in [0.25, 0.3) is 0 Å². The van der Waals surface area contributed by atoms with Crippen LogP contribution in [0.5, 0.6) is 0 Å². The number of rotatable bonds is 1. The van der Waals surface area contributed by atoms with Crippen LogP contribution in [0.2, 0.25) is 0 Å². The van der Waals surface area contributed by atoms with Gasteiger partial charge in [-0.1, -0.05) is 37.6 Å². The molecule has 0 spiro atoms. The zero-order chi connectivity index (χ0) is 11.0. The second-order valence-corrected chi connectivity index (χ2v) is 5.78. The van der Waals surface area contributed by atoms with Crippen molar-refractivity contribution in [2.75, 3.05) is 0 Å². The van der Waals surface area contributed by atoms with Crippen molar-refractivity contribution in [3.63, 3.8) is 0 Å². The lowest BCUT2D eigenvalue weighted by atomic mass is 9.64. The molecule has 2 rings (SSSR count). The van der Waals surface area contributed by atoms with Crippen LogP contribution in [0.1, 0.15) is 46.5 Å². The van der Waals surface area contributed by atoms with Crippen molar-refractivity contribution in [1.82, 2.24) is 0 Å². The monoisotopic (exact) mass is 204 g/mol. The van der Waals surface area contributed by atoms with Crippen molar-refractivity contribution in [3.05, 3.63) is 23.8 Å². The quantitative estimate of drug-likeness (QED) is 0.548. The molecular weight excluding hydrogens is 180 g/mol. The van der Waals surface area contributed by atoms with Crippen LogP contribution in [0, 0.1) is 23.7 Å². The van der Waals surface area contributed by atoms with E-state index in [1.807, 2.05) is 0 Å². The van der Waals surface area contributed by atoms with Gasteiger partial charge in [0, 0.05) is 5.92 Å². The second-order valence-electron chi connectivity index (χ2n) is 5.78. The third-order valence-electron chi connectivity index (χ3n) is 4.43. The predicted molar refractivity (Wildman–Crippen MR) is 66.7 cm³/mol. The molecule has 2 aliphatic carbocycles. The van der Waals surface area contributed by atoms with Gasteiger partial charge < -0.3 is 0 Å². The first-order valence-electron chi connectivity index (χ1n) is 6.46. The Morgan fingerprint density at radius 3 is 2.60 bits per heavy atom. The summed E-state index contributed by atoms with van der Waals surface area (Å²) >= 11 is 0. The lowest BCUT2D eigenvalue weighted by molar-refractivity contribution is 0.252. The first kappa shape index (κ1) is 11.0. The molecule has 0 aliphatic heterocycles. The van der Waals surface area contributed by atoms with Crippen molar-refractivity contribution in [2.45, 2.75) is 46.5 Å². The minimum absolute atomic E-state index is 0.703. The van der Waals surface area contributed by atoms with E-state index in [-0.39, 0.29) is 0 Å². The van der Waals surface area contributed by atoms with Crippen molar-refractivity contribution >= 4 is 0 Å². The Hall–Kier alpha value is -0.520. The molecule has 0 aromatic heterocycles. The van der Waals surface area contributed by atoms with Crippen LogP contribution in [0.25, 0.3) is 0 Å². The smallest absolute Gasteiger partial charge is 0.000454 e. The minimum atomic E-state index is 0.703. The van der Waals surface area contributed by atoms with Gasteiger partial charge in [0.2, 0.25) is 0 Å². The van der Waals surface area contributed by atoms with E-state index in [9.17, 15) is 0 Å². The summed E-state index contributed by atoms with van der Waals surface area (Å²) in [5, 5.41) is 0. The topological polar surface area (TPSA) is 0 Å². The van der Waals surface area contributed by atoms with E-state index in [0.717, 1.165) is 17.8 Å². The summed E-state index contributed by atoms with van der Waals surface area (Å²) in [5.41, 5.74) is 3.12. The molecule has 2 aliphatic rings. The number of hydrogen-bond donors (Lipinski definition) is 0. The molecule has 0 aromatic carbocycles. The standard InChI is InChI=1S/C15H24/c1-10(2)13-8-6-12(4)14-7-5-11(3)9-15(13)14/h9,11-14H,1,5-8H2,2-4H3/t11?,12-,13+,14?/m1/s1. The van der Waals surface area contributed by atoms with Gasteiger partial charge in [-0.15, -0.1) is 0 Å². The maximum absolute atomic E-state index is 4.18.